The van der Waals surface area contributed by atoms with Crippen molar-refractivity contribution in [1.82, 2.24) is 20.2 Å². The molecule has 0 radical (unpaired) electrons. The number of rotatable bonds is 4. The molecule has 9 heteroatoms. The zero-order valence-corrected chi connectivity index (χ0v) is 16.3. The van der Waals surface area contributed by atoms with Crippen LogP contribution in [0.4, 0.5) is 5.82 Å². The molecule has 0 saturated carbocycles. The maximum absolute atomic E-state index is 12.8. The lowest BCUT2D eigenvalue weighted by atomic mass is 10.0. The summed E-state index contributed by atoms with van der Waals surface area (Å²) in [4.78, 5) is 48.5. The first-order chi connectivity index (χ1) is 14.6. The predicted octanol–water partition coefficient (Wildman–Crippen LogP) is 0.895. The highest BCUT2D eigenvalue weighted by atomic mass is 16.5. The smallest absolute Gasteiger partial charge is 0.255 e. The molecule has 2 aromatic rings. The number of hydrogen-bond donors (Lipinski definition) is 1. The number of nitrogens with zero attached hydrogens (tertiary/aromatic N) is 4. The quantitative estimate of drug-likeness (QED) is 0.751. The number of imide groups is 1. The Morgan fingerprint density at radius 2 is 2.03 bits per heavy atom. The van der Waals surface area contributed by atoms with Gasteiger partial charge >= 0.3 is 0 Å². The van der Waals surface area contributed by atoms with Crippen LogP contribution in [-0.4, -0.2) is 57.8 Å². The Morgan fingerprint density at radius 1 is 1.13 bits per heavy atom. The van der Waals surface area contributed by atoms with Gasteiger partial charge in [-0.3, -0.25) is 24.7 Å². The molecular weight excluding hydrogens is 386 g/mol. The Hall–Kier alpha value is -3.49. The number of ether oxygens (including phenoxy) is 1. The maximum Gasteiger partial charge on any atom is 0.255 e. The van der Waals surface area contributed by atoms with Gasteiger partial charge < -0.3 is 14.5 Å². The Morgan fingerprint density at radius 3 is 2.83 bits per heavy atom. The highest BCUT2D eigenvalue weighted by Crippen LogP contribution is 2.31. The number of piperidine rings is 1. The topological polar surface area (TPSA) is 105 Å². The molecule has 1 aromatic heterocycles. The van der Waals surface area contributed by atoms with E-state index in [1.807, 2.05) is 6.07 Å². The van der Waals surface area contributed by atoms with E-state index in [1.165, 1.54) is 0 Å². The van der Waals surface area contributed by atoms with Crippen LogP contribution in [0.5, 0.6) is 5.75 Å². The molecule has 2 fully saturated rings. The summed E-state index contributed by atoms with van der Waals surface area (Å²) < 4.78 is 6.16. The number of benzene rings is 1. The standard InChI is InChI=1S/C21H21N5O4/c27-19-4-3-17(20(28)24-19)26-11-13-9-14(1-2-16(13)21(26)29)30-15-5-8-25(12-15)18-10-22-6-7-23-18/h1-2,6-7,9-10,15,17H,3-5,8,11-12H2,(H,24,27,28)/t15-,17?/m1/s1. The fourth-order valence-corrected chi connectivity index (χ4v) is 4.30. The third-order valence-electron chi connectivity index (χ3n) is 5.82. The summed E-state index contributed by atoms with van der Waals surface area (Å²) in [6.07, 6.45) is 6.56. The van der Waals surface area contributed by atoms with E-state index in [-0.39, 0.29) is 24.3 Å². The molecule has 1 aromatic carbocycles. The maximum atomic E-state index is 12.8. The van der Waals surface area contributed by atoms with Crippen LogP contribution in [0.3, 0.4) is 0 Å². The summed E-state index contributed by atoms with van der Waals surface area (Å²) in [7, 11) is 0. The molecule has 154 valence electrons. The molecule has 2 atom stereocenters. The molecule has 30 heavy (non-hydrogen) atoms. The van der Waals surface area contributed by atoms with Gasteiger partial charge in [0.15, 0.2) is 0 Å². The first-order valence-electron chi connectivity index (χ1n) is 10.0. The van der Waals surface area contributed by atoms with E-state index in [2.05, 4.69) is 20.2 Å². The van der Waals surface area contributed by atoms with E-state index < -0.39 is 11.9 Å². The van der Waals surface area contributed by atoms with Crippen molar-refractivity contribution in [3.8, 4) is 5.75 Å². The molecule has 3 aliphatic heterocycles. The van der Waals surface area contributed by atoms with Crippen molar-refractivity contribution in [2.45, 2.75) is 38.0 Å². The van der Waals surface area contributed by atoms with Crippen molar-refractivity contribution in [1.29, 1.82) is 0 Å². The summed E-state index contributed by atoms with van der Waals surface area (Å²) >= 11 is 0. The van der Waals surface area contributed by atoms with E-state index in [4.69, 9.17) is 4.74 Å². The van der Waals surface area contributed by atoms with Crippen LogP contribution in [-0.2, 0) is 16.1 Å². The van der Waals surface area contributed by atoms with E-state index in [9.17, 15) is 14.4 Å². The van der Waals surface area contributed by atoms with E-state index in [1.54, 1.807) is 35.6 Å². The molecule has 0 bridgehead atoms. The fraction of sp³-hybridized carbons (Fsp3) is 0.381. The number of aromatic nitrogens is 2. The summed E-state index contributed by atoms with van der Waals surface area (Å²) in [5, 5.41) is 2.32. The van der Waals surface area contributed by atoms with E-state index in [0.717, 1.165) is 30.9 Å². The predicted molar refractivity (Wildman–Crippen MR) is 106 cm³/mol. The van der Waals surface area contributed by atoms with E-state index in [0.29, 0.717) is 24.3 Å². The minimum absolute atomic E-state index is 0.0217. The average molecular weight is 407 g/mol. The molecule has 3 aliphatic rings. The van der Waals surface area contributed by atoms with Crippen LogP contribution < -0.4 is 15.0 Å². The number of nitrogens with one attached hydrogen (secondary N) is 1. The van der Waals surface area contributed by atoms with Crippen molar-refractivity contribution >= 4 is 23.5 Å². The summed E-state index contributed by atoms with van der Waals surface area (Å²) in [5.74, 6) is 0.670. The van der Waals surface area contributed by atoms with E-state index >= 15 is 0 Å². The lowest BCUT2D eigenvalue weighted by molar-refractivity contribution is -0.136. The number of carbonyl (C=O) groups is 3. The number of fused-ring (bicyclic) bond motifs is 1. The van der Waals surface area contributed by atoms with Gasteiger partial charge in [-0.05, 0) is 30.2 Å². The second kappa shape index (κ2) is 7.40. The van der Waals surface area contributed by atoms with Crippen LogP contribution in [0, 0.1) is 0 Å². The van der Waals surface area contributed by atoms with Gasteiger partial charge in [0.25, 0.3) is 5.91 Å². The molecule has 0 spiro atoms. The Labute approximate surface area is 173 Å². The SMILES string of the molecule is O=C1CCC(N2Cc3cc(O[C@@H]4CCN(c5cnccn5)C4)ccc3C2=O)C(=O)N1. The third kappa shape index (κ3) is 3.36. The molecule has 1 unspecified atom stereocenters. The second-order valence-corrected chi connectivity index (χ2v) is 7.76. The van der Waals surface area contributed by atoms with Crippen molar-refractivity contribution in [3.63, 3.8) is 0 Å². The zero-order chi connectivity index (χ0) is 20.7. The largest absolute Gasteiger partial charge is 0.489 e. The average Bonchev–Trinajstić information content (AvgIpc) is 3.33. The lowest BCUT2D eigenvalue weighted by Crippen LogP contribution is -2.52. The summed E-state index contributed by atoms with van der Waals surface area (Å²) in [6.45, 7) is 1.90. The molecule has 2 saturated heterocycles. The van der Waals surface area contributed by atoms with Gasteiger partial charge in [0, 0.05) is 43.9 Å². The summed E-state index contributed by atoms with van der Waals surface area (Å²) in [5.41, 5.74) is 1.42. The van der Waals surface area contributed by atoms with Crippen molar-refractivity contribution in [2.75, 3.05) is 18.0 Å². The molecular formula is C21H21N5O4. The van der Waals surface area contributed by atoms with Crippen LogP contribution in [0.15, 0.2) is 36.8 Å². The van der Waals surface area contributed by atoms with Crippen LogP contribution in [0.25, 0.3) is 0 Å². The highest BCUT2D eigenvalue weighted by Gasteiger charge is 2.39. The Bertz CT molecular complexity index is 1010. The molecule has 5 rings (SSSR count). The van der Waals surface area contributed by atoms with Gasteiger partial charge in [0.1, 0.15) is 23.7 Å². The van der Waals surface area contributed by atoms with Gasteiger partial charge in [-0.2, -0.15) is 0 Å². The minimum Gasteiger partial charge on any atom is -0.489 e. The van der Waals surface area contributed by atoms with Crippen molar-refractivity contribution < 1.29 is 19.1 Å². The molecule has 9 nitrogen and oxygen atoms in total. The number of amides is 3. The summed E-state index contributed by atoms with van der Waals surface area (Å²) in [6, 6.07) is 4.83. The normalized spacial score (nSPS) is 23.5. The van der Waals surface area contributed by atoms with Crippen molar-refractivity contribution in [2.24, 2.45) is 0 Å². The number of hydrogen-bond acceptors (Lipinski definition) is 7. The monoisotopic (exact) mass is 407 g/mol. The van der Waals surface area contributed by atoms with Gasteiger partial charge in [-0.1, -0.05) is 0 Å². The van der Waals surface area contributed by atoms with Gasteiger partial charge in [0.2, 0.25) is 11.8 Å². The zero-order valence-electron chi connectivity index (χ0n) is 16.3. The molecule has 3 amide bonds. The molecule has 4 heterocycles. The Balaban J connectivity index is 1.26. The number of anilines is 1. The van der Waals surface area contributed by atoms with Gasteiger partial charge in [0.05, 0.1) is 12.7 Å². The first kappa shape index (κ1) is 18.5. The molecule has 1 N–H and O–H groups in total. The Kier molecular flexibility index (Phi) is 4.57. The minimum atomic E-state index is -0.609. The lowest BCUT2D eigenvalue weighted by Gasteiger charge is -2.29. The third-order valence-corrected chi connectivity index (χ3v) is 5.82. The molecule has 0 aliphatic carbocycles. The van der Waals surface area contributed by atoms with Crippen LogP contribution in [0.1, 0.15) is 35.2 Å². The number of carbonyl (C=O) groups excluding carboxylic acids is 3. The van der Waals surface area contributed by atoms with Crippen LogP contribution in [0.2, 0.25) is 0 Å². The second-order valence-electron chi connectivity index (χ2n) is 7.76. The van der Waals surface area contributed by atoms with Crippen molar-refractivity contribution in [3.05, 3.63) is 47.9 Å². The first-order valence-corrected chi connectivity index (χ1v) is 10.0. The van der Waals surface area contributed by atoms with Gasteiger partial charge in [-0.25, -0.2) is 4.98 Å². The highest BCUT2D eigenvalue weighted by molar-refractivity contribution is 6.05. The fourth-order valence-electron chi connectivity index (χ4n) is 4.30. The van der Waals surface area contributed by atoms with Crippen LogP contribution >= 0.6 is 0 Å². The van der Waals surface area contributed by atoms with Gasteiger partial charge in [-0.15, -0.1) is 0 Å².